The highest BCUT2D eigenvalue weighted by atomic mass is 32.2. The van der Waals surface area contributed by atoms with Gasteiger partial charge in [-0.3, -0.25) is 9.59 Å². The number of aromatic nitrogens is 1. The molecule has 1 amide bonds. The molecule has 0 radical (unpaired) electrons. The van der Waals surface area contributed by atoms with Gasteiger partial charge in [0.05, 0.1) is 10.4 Å². The number of carbonyl (C=O) groups excluding carboxylic acids is 1. The molecule has 3 heterocycles. The van der Waals surface area contributed by atoms with Crippen molar-refractivity contribution in [3.8, 4) is 0 Å². The third-order valence-electron chi connectivity index (χ3n) is 6.74. The molecule has 33 heavy (non-hydrogen) atoms. The monoisotopic (exact) mass is 474 g/mol. The summed E-state index contributed by atoms with van der Waals surface area (Å²) in [5, 5.41) is 3.12. The topological polar surface area (TPSA) is 91.7 Å². The van der Waals surface area contributed by atoms with Crippen LogP contribution in [0.3, 0.4) is 0 Å². The molecule has 0 aliphatic carbocycles. The van der Waals surface area contributed by atoms with Crippen molar-refractivity contribution in [1.82, 2.24) is 19.1 Å². The summed E-state index contributed by atoms with van der Waals surface area (Å²) in [5.41, 5.74) is 0.195. The van der Waals surface area contributed by atoms with Gasteiger partial charge in [0.1, 0.15) is 5.56 Å². The van der Waals surface area contributed by atoms with Gasteiger partial charge in [0.15, 0.2) is 0 Å². The molecule has 1 N–H and O–H groups in total. The molecule has 0 spiro atoms. The number of carbonyl (C=O) groups is 1. The van der Waals surface area contributed by atoms with Gasteiger partial charge >= 0.3 is 0 Å². The van der Waals surface area contributed by atoms with Crippen LogP contribution in [0.15, 0.2) is 34.1 Å². The number of nitrogens with one attached hydrogen (secondary N) is 1. The molecule has 180 valence electrons. The molecule has 2 aliphatic rings. The van der Waals surface area contributed by atoms with E-state index < -0.39 is 21.4 Å². The van der Waals surface area contributed by atoms with Crippen LogP contribution in [0, 0.1) is 0 Å². The van der Waals surface area contributed by atoms with Crippen molar-refractivity contribution < 1.29 is 13.2 Å². The second-order valence-electron chi connectivity index (χ2n) is 9.14. The van der Waals surface area contributed by atoms with Crippen LogP contribution in [0.1, 0.15) is 55.3 Å². The lowest BCUT2D eigenvalue weighted by atomic mass is 10.1. The number of nitrogens with zero attached hydrogens (tertiary/aromatic N) is 3. The van der Waals surface area contributed by atoms with Crippen molar-refractivity contribution in [3.05, 3.63) is 40.2 Å². The lowest BCUT2D eigenvalue weighted by Gasteiger charge is -2.19. The Morgan fingerprint density at radius 1 is 1.00 bits per heavy atom. The molecular formula is C24H34N4O4S. The molecule has 2 fully saturated rings. The van der Waals surface area contributed by atoms with Crippen LogP contribution in [0.5, 0.6) is 0 Å². The third kappa shape index (κ3) is 5.31. The molecule has 9 heteroatoms. The van der Waals surface area contributed by atoms with Gasteiger partial charge in [-0.05, 0) is 69.9 Å². The minimum atomic E-state index is -3.64. The molecule has 2 saturated heterocycles. The van der Waals surface area contributed by atoms with E-state index in [1.165, 1.54) is 48.3 Å². The lowest BCUT2D eigenvalue weighted by Crippen LogP contribution is -2.33. The van der Waals surface area contributed by atoms with Gasteiger partial charge in [0.25, 0.3) is 5.91 Å². The molecule has 1 aromatic carbocycles. The molecule has 2 aromatic rings. The molecule has 0 saturated carbocycles. The highest BCUT2D eigenvalue weighted by molar-refractivity contribution is 7.89. The van der Waals surface area contributed by atoms with Crippen molar-refractivity contribution in [2.24, 2.45) is 7.05 Å². The van der Waals surface area contributed by atoms with E-state index in [0.717, 1.165) is 38.9 Å². The minimum Gasteiger partial charge on any atom is -0.352 e. The first-order valence-electron chi connectivity index (χ1n) is 12.0. The highest BCUT2D eigenvalue weighted by Crippen LogP contribution is 2.23. The number of aryl methyl sites for hydroxylation is 1. The SMILES string of the molecule is Cn1cc(C(=O)NCCCN2CCCCCC2)c(=O)c2cc(S(=O)(=O)N3CCCC3)ccc21. The second kappa shape index (κ2) is 10.4. The predicted molar refractivity (Wildman–Crippen MR) is 129 cm³/mol. The summed E-state index contributed by atoms with van der Waals surface area (Å²) in [6.45, 7) is 4.66. The van der Waals surface area contributed by atoms with E-state index in [-0.39, 0.29) is 15.8 Å². The van der Waals surface area contributed by atoms with Gasteiger partial charge in [0.2, 0.25) is 15.5 Å². The van der Waals surface area contributed by atoms with Crippen LogP contribution in [0.25, 0.3) is 10.9 Å². The van der Waals surface area contributed by atoms with Gasteiger partial charge in [-0.25, -0.2) is 8.42 Å². The number of likely N-dealkylation sites (tertiary alicyclic amines) is 1. The summed E-state index contributed by atoms with van der Waals surface area (Å²) in [5.74, 6) is -0.416. The summed E-state index contributed by atoms with van der Waals surface area (Å²) in [6.07, 6.45) is 9.09. The van der Waals surface area contributed by atoms with E-state index in [2.05, 4.69) is 10.2 Å². The van der Waals surface area contributed by atoms with Gasteiger partial charge < -0.3 is 14.8 Å². The van der Waals surface area contributed by atoms with Gasteiger partial charge in [-0.2, -0.15) is 4.31 Å². The van der Waals surface area contributed by atoms with Crippen LogP contribution in [-0.4, -0.2) is 67.4 Å². The number of rotatable bonds is 7. The molecule has 0 unspecified atom stereocenters. The molecule has 0 bridgehead atoms. The number of benzene rings is 1. The van der Waals surface area contributed by atoms with E-state index in [4.69, 9.17) is 0 Å². The number of hydrogen-bond acceptors (Lipinski definition) is 5. The summed E-state index contributed by atoms with van der Waals surface area (Å²) in [4.78, 5) is 28.5. The minimum absolute atomic E-state index is 0.0375. The first kappa shape index (κ1) is 23.9. The van der Waals surface area contributed by atoms with E-state index >= 15 is 0 Å². The average Bonchev–Trinajstić information content (AvgIpc) is 3.24. The van der Waals surface area contributed by atoms with Crippen molar-refractivity contribution >= 4 is 26.8 Å². The zero-order chi connectivity index (χ0) is 23.4. The zero-order valence-corrected chi connectivity index (χ0v) is 20.2. The number of hydrogen-bond donors (Lipinski definition) is 1. The Bertz CT molecular complexity index is 1160. The lowest BCUT2D eigenvalue weighted by molar-refractivity contribution is 0.0950. The summed E-state index contributed by atoms with van der Waals surface area (Å²) in [6, 6.07) is 4.60. The van der Waals surface area contributed by atoms with Gasteiger partial charge in [-0.1, -0.05) is 12.8 Å². The molecule has 8 nitrogen and oxygen atoms in total. The van der Waals surface area contributed by atoms with Crippen LogP contribution in [-0.2, 0) is 17.1 Å². The molecule has 0 atom stereocenters. The fourth-order valence-corrected chi connectivity index (χ4v) is 6.37. The molecular weight excluding hydrogens is 440 g/mol. The van der Waals surface area contributed by atoms with Gasteiger partial charge in [-0.15, -0.1) is 0 Å². The smallest absolute Gasteiger partial charge is 0.256 e. The van der Waals surface area contributed by atoms with Crippen molar-refractivity contribution in [1.29, 1.82) is 0 Å². The van der Waals surface area contributed by atoms with E-state index in [0.29, 0.717) is 25.2 Å². The molecule has 1 aromatic heterocycles. The predicted octanol–water partition coefficient (Wildman–Crippen LogP) is 2.32. The Balaban J connectivity index is 1.49. The maximum atomic E-state index is 13.1. The van der Waals surface area contributed by atoms with E-state index in [1.54, 1.807) is 17.7 Å². The average molecular weight is 475 g/mol. The first-order valence-corrected chi connectivity index (χ1v) is 13.5. The fourth-order valence-electron chi connectivity index (χ4n) is 4.83. The molecule has 2 aliphatic heterocycles. The van der Waals surface area contributed by atoms with Crippen molar-refractivity contribution in [2.75, 3.05) is 39.3 Å². The van der Waals surface area contributed by atoms with E-state index in [1.807, 2.05) is 0 Å². The fraction of sp³-hybridized carbons (Fsp3) is 0.583. The van der Waals surface area contributed by atoms with Crippen LogP contribution >= 0.6 is 0 Å². The Kier molecular flexibility index (Phi) is 7.51. The van der Waals surface area contributed by atoms with Crippen LogP contribution < -0.4 is 10.7 Å². The van der Waals surface area contributed by atoms with Gasteiger partial charge in [0, 0.05) is 38.3 Å². The highest BCUT2D eigenvalue weighted by Gasteiger charge is 2.28. The van der Waals surface area contributed by atoms with Crippen LogP contribution in [0.4, 0.5) is 0 Å². The maximum Gasteiger partial charge on any atom is 0.256 e. The Morgan fingerprint density at radius 2 is 1.67 bits per heavy atom. The van der Waals surface area contributed by atoms with Crippen molar-refractivity contribution in [2.45, 2.75) is 49.8 Å². The number of fused-ring (bicyclic) bond motifs is 1. The van der Waals surface area contributed by atoms with Crippen LogP contribution in [0.2, 0.25) is 0 Å². The summed E-state index contributed by atoms with van der Waals surface area (Å²) in [7, 11) is -1.89. The van der Waals surface area contributed by atoms with E-state index in [9.17, 15) is 18.0 Å². The Labute approximate surface area is 195 Å². The largest absolute Gasteiger partial charge is 0.352 e. The zero-order valence-electron chi connectivity index (χ0n) is 19.4. The number of sulfonamides is 1. The summed E-state index contributed by atoms with van der Waals surface area (Å²) >= 11 is 0. The second-order valence-corrected chi connectivity index (χ2v) is 11.1. The van der Waals surface area contributed by atoms with Crippen molar-refractivity contribution in [3.63, 3.8) is 0 Å². The summed E-state index contributed by atoms with van der Waals surface area (Å²) < 4.78 is 29.1. The third-order valence-corrected chi connectivity index (χ3v) is 8.64. The maximum absolute atomic E-state index is 13.1. The Hall–Kier alpha value is -2.23. The number of amides is 1. The normalized spacial score (nSPS) is 18.5. The first-order chi connectivity index (χ1) is 15.9. The quantitative estimate of drug-likeness (QED) is 0.622. The molecule has 4 rings (SSSR count). The Morgan fingerprint density at radius 3 is 2.36 bits per heavy atom. The number of pyridine rings is 1. The standard InChI is InChI=1S/C24H34N4O4S/c1-26-18-21(24(30)25-11-8-14-27-12-4-2-3-5-13-27)23(29)20-17-19(9-10-22(20)26)33(31,32)28-15-6-7-16-28/h9-10,17-18H,2-8,11-16H2,1H3,(H,25,30).